The molecular formula is C10H10O3. The first-order valence-electron chi connectivity index (χ1n) is 4.37. The van der Waals surface area contributed by atoms with Crippen LogP contribution in [0.4, 0.5) is 0 Å². The number of hydrogen-bond donors (Lipinski definition) is 0. The van der Waals surface area contributed by atoms with Crippen molar-refractivity contribution in [2.45, 2.75) is 19.4 Å². The van der Waals surface area contributed by atoms with Gasteiger partial charge in [-0.3, -0.25) is 0 Å². The van der Waals surface area contributed by atoms with Crippen LogP contribution >= 0.6 is 0 Å². The molecule has 1 atom stereocenters. The Morgan fingerprint density at radius 1 is 1.46 bits per heavy atom. The molecule has 0 aromatic carbocycles. The Kier molecular flexibility index (Phi) is 1.32. The minimum atomic E-state index is 0.115. The molecule has 1 aromatic heterocycles. The molecule has 0 spiro atoms. The third-order valence-electron chi connectivity index (χ3n) is 2.61. The lowest BCUT2D eigenvalue weighted by molar-refractivity contribution is 0.0501. The molecular weight excluding hydrogens is 168 g/mol. The number of fused-ring (bicyclic) bond motifs is 2. The summed E-state index contributed by atoms with van der Waals surface area (Å²) in [6.07, 6.45) is 4.71. The van der Waals surface area contributed by atoms with E-state index in [9.17, 15) is 0 Å². The van der Waals surface area contributed by atoms with Crippen LogP contribution in [0.15, 0.2) is 16.4 Å². The maximum Gasteiger partial charge on any atom is 0.189 e. The molecule has 13 heavy (non-hydrogen) atoms. The van der Waals surface area contributed by atoms with Gasteiger partial charge >= 0.3 is 0 Å². The van der Waals surface area contributed by atoms with E-state index in [1.165, 1.54) is 11.1 Å². The topological polar surface area (TPSA) is 31.6 Å². The molecule has 1 aliphatic heterocycles. The van der Waals surface area contributed by atoms with Crippen molar-refractivity contribution in [3.8, 4) is 0 Å². The smallest absolute Gasteiger partial charge is 0.189 e. The van der Waals surface area contributed by atoms with E-state index in [1.807, 2.05) is 6.08 Å². The zero-order valence-electron chi connectivity index (χ0n) is 7.37. The zero-order chi connectivity index (χ0) is 8.84. The van der Waals surface area contributed by atoms with Crippen molar-refractivity contribution in [1.82, 2.24) is 0 Å². The van der Waals surface area contributed by atoms with Crippen LogP contribution in [0.5, 0.6) is 0 Å². The molecule has 1 fully saturated rings. The third kappa shape index (κ3) is 0.937. The van der Waals surface area contributed by atoms with Gasteiger partial charge in [0.15, 0.2) is 6.79 Å². The minimum absolute atomic E-state index is 0.115. The summed E-state index contributed by atoms with van der Waals surface area (Å²) >= 11 is 0. The van der Waals surface area contributed by atoms with E-state index in [0.717, 1.165) is 17.9 Å². The zero-order valence-corrected chi connectivity index (χ0v) is 7.37. The Bertz CT molecular complexity index is 376. The molecule has 0 saturated carbocycles. The molecule has 3 rings (SSSR count). The predicted octanol–water partition coefficient (Wildman–Crippen LogP) is 1.86. The lowest BCUT2D eigenvalue weighted by Gasteiger charge is -2.13. The lowest BCUT2D eigenvalue weighted by atomic mass is 9.98. The summed E-state index contributed by atoms with van der Waals surface area (Å²) in [4.78, 5) is 0. The number of hydrogen-bond acceptors (Lipinski definition) is 3. The SMILES string of the molecule is Cc1coc2c1CC1OCOC1=C2. The summed E-state index contributed by atoms with van der Waals surface area (Å²) in [7, 11) is 0. The summed E-state index contributed by atoms with van der Waals surface area (Å²) in [6, 6.07) is 0. The molecule has 1 aromatic rings. The van der Waals surface area contributed by atoms with Crippen LogP contribution in [-0.4, -0.2) is 12.9 Å². The Balaban J connectivity index is 2.11. The van der Waals surface area contributed by atoms with E-state index in [1.54, 1.807) is 6.26 Å². The summed E-state index contributed by atoms with van der Waals surface area (Å²) in [5.74, 6) is 1.83. The fraction of sp³-hybridized carbons (Fsp3) is 0.400. The molecule has 3 nitrogen and oxygen atoms in total. The molecule has 68 valence electrons. The maximum absolute atomic E-state index is 5.41. The van der Waals surface area contributed by atoms with Crippen LogP contribution in [0.3, 0.4) is 0 Å². The third-order valence-corrected chi connectivity index (χ3v) is 2.61. The molecule has 2 heterocycles. The molecule has 0 bridgehead atoms. The van der Waals surface area contributed by atoms with E-state index in [-0.39, 0.29) is 6.10 Å². The molecule has 2 aliphatic rings. The second-order valence-electron chi connectivity index (χ2n) is 3.43. The van der Waals surface area contributed by atoms with Crippen molar-refractivity contribution >= 4 is 6.08 Å². The predicted molar refractivity (Wildman–Crippen MR) is 46.0 cm³/mol. The van der Waals surface area contributed by atoms with Crippen LogP contribution in [0, 0.1) is 6.92 Å². The van der Waals surface area contributed by atoms with Crippen LogP contribution in [0.2, 0.25) is 0 Å². The van der Waals surface area contributed by atoms with Crippen molar-refractivity contribution < 1.29 is 13.9 Å². The lowest BCUT2D eigenvalue weighted by Crippen LogP contribution is -2.15. The quantitative estimate of drug-likeness (QED) is 0.607. The Morgan fingerprint density at radius 3 is 3.31 bits per heavy atom. The first-order chi connectivity index (χ1) is 6.34. The van der Waals surface area contributed by atoms with Crippen LogP contribution in [0.1, 0.15) is 16.9 Å². The van der Waals surface area contributed by atoms with Gasteiger partial charge in [0.05, 0.1) is 6.26 Å². The van der Waals surface area contributed by atoms with Crippen LogP contribution < -0.4 is 0 Å². The van der Waals surface area contributed by atoms with Crippen molar-refractivity contribution in [2.75, 3.05) is 6.79 Å². The van der Waals surface area contributed by atoms with Crippen molar-refractivity contribution in [3.63, 3.8) is 0 Å². The van der Waals surface area contributed by atoms with Crippen LogP contribution in [-0.2, 0) is 15.9 Å². The molecule has 1 saturated heterocycles. The highest BCUT2D eigenvalue weighted by atomic mass is 16.7. The van der Waals surface area contributed by atoms with Crippen molar-refractivity contribution in [2.24, 2.45) is 0 Å². The van der Waals surface area contributed by atoms with Gasteiger partial charge in [-0.2, -0.15) is 0 Å². The second kappa shape index (κ2) is 2.39. The van der Waals surface area contributed by atoms with Crippen molar-refractivity contribution in [3.05, 3.63) is 28.9 Å². The van der Waals surface area contributed by atoms with Crippen molar-refractivity contribution in [1.29, 1.82) is 0 Å². The normalized spacial score (nSPS) is 24.7. The Morgan fingerprint density at radius 2 is 2.38 bits per heavy atom. The number of aryl methyl sites for hydroxylation is 1. The first kappa shape index (κ1) is 7.21. The monoisotopic (exact) mass is 178 g/mol. The summed E-state index contributed by atoms with van der Waals surface area (Å²) < 4.78 is 16.1. The van der Waals surface area contributed by atoms with Crippen LogP contribution in [0.25, 0.3) is 6.08 Å². The van der Waals surface area contributed by atoms with Gasteiger partial charge < -0.3 is 13.9 Å². The van der Waals surface area contributed by atoms with E-state index in [2.05, 4.69) is 6.92 Å². The van der Waals surface area contributed by atoms with Gasteiger partial charge in [-0.1, -0.05) is 0 Å². The van der Waals surface area contributed by atoms with Gasteiger partial charge in [-0.25, -0.2) is 0 Å². The van der Waals surface area contributed by atoms with E-state index >= 15 is 0 Å². The molecule has 0 N–H and O–H groups in total. The van der Waals surface area contributed by atoms with E-state index in [0.29, 0.717) is 6.79 Å². The maximum atomic E-state index is 5.41. The number of ether oxygens (including phenoxy) is 2. The fourth-order valence-electron chi connectivity index (χ4n) is 1.84. The van der Waals surface area contributed by atoms with Gasteiger partial charge in [0, 0.05) is 18.1 Å². The summed E-state index contributed by atoms with van der Waals surface area (Å²) in [6.45, 7) is 2.43. The van der Waals surface area contributed by atoms with Gasteiger partial charge in [0.1, 0.15) is 17.6 Å². The molecule has 1 unspecified atom stereocenters. The number of rotatable bonds is 0. The van der Waals surface area contributed by atoms with Gasteiger partial charge in [-0.15, -0.1) is 0 Å². The van der Waals surface area contributed by atoms with E-state index in [4.69, 9.17) is 13.9 Å². The highest BCUT2D eigenvalue weighted by molar-refractivity contribution is 5.56. The highest BCUT2D eigenvalue weighted by Gasteiger charge is 2.30. The first-order valence-corrected chi connectivity index (χ1v) is 4.37. The molecule has 1 aliphatic carbocycles. The Hall–Kier alpha value is -1.22. The summed E-state index contributed by atoms with van der Waals surface area (Å²) in [5, 5.41) is 0. The largest absolute Gasteiger partial charge is 0.469 e. The van der Waals surface area contributed by atoms with Gasteiger partial charge in [0.2, 0.25) is 0 Å². The summed E-state index contributed by atoms with van der Waals surface area (Å²) in [5.41, 5.74) is 2.44. The standard InChI is InChI=1S/C10H10O3/c1-6-4-11-8-3-10-9(2-7(6)8)12-5-13-10/h3-4,9H,2,5H2,1H3. The minimum Gasteiger partial charge on any atom is -0.469 e. The average molecular weight is 178 g/mol. The highest BCUT2D eigenvalue weighted by Crippen LogP contribution is 2.32. The fourth-order valence-corrected chi connectivity index (χ4v) is 1.84. The Labute approximate surface area is 75.9 Å². The van der Waals surface area contributed by atoms with Gasteiger partial charge in [-0.05, 0) is 12.5 Å². The molecule has 3 heteroatoms. The van der Waals surface area contributed by atoms with E-state index < -0.39 is 0 Å². The second-order valence-corrected chi connectivity index (χ2v) is 3.43. The number of furan rings is 1. The molecule has 0 radical (unpaired) electrons. The van der Waals surface area contributed by atoms with Gasteiger partial charge in [0.25, 0.3) is 0 Å². The molecule has 0 amide bonds. The average Bonchev–Trinajstić information content (AvgIpc) is 2.70.